The van der Waals surface area contributed by atoms with Gasteiger partial charge >= 0.3 is 0 Å². The lowest BCUT2D eigenvalue weighted by atomic mass is 9.81. The van der Waals surface area contributed by atoms with Crippen LogP contribution in [0.15, 0.2) is 11.1 Å². The molecule has 1 nitrogen and oxygen atoms in total. The van der Waals surface area contributed by atoms with Crippen molar-refractivity contribution in [2.75, 3.05) is 13.1 Å². The lowest BCUT2D eigenvalue weighted by Gasteiger charge is -2.27. The minimum atomic E-state index is 0.994. The Morgan fingerprint density at radius 2 is 2.07 bits per heavy atom. The highest BCUT2D eigenvalue weighted by Gasteiger charge is 2.19. The minimum Gasteiger partial charge on any atom is -0.313 e. The van der Waals surface area contributed by atoms with Crippen LogP contribution in [0.1, 0.15) is 51.9 Å². The zero-order chi connectivity index (χ0) is 9.80. The van der Waals surface area contributed by atoms with Crippen molar-refractivity contribution in [2.45, 2.75) is 51.9 Å². The number of piperidine rings is 1. The van der Waals surface area contributed by atoms with Crippen LogP contribution >= 0.6 is 0 Å². The van der Waals surface area contributed by atoms with E-state index in [4.69, 9.17) is 0 Å². The normalized spacial score (nSPS) is 34.5. The van der Waals surface area contributed by atoms with Crippen molar-refractivity contribution >= 4 is 0 Å². The zero-order valence-corrected chi connectivity index (χ0v) is 9.44. The first kappa shape index (κ1) is 10.2. The summed E-state index contributed by atoms with van der Waals surface area (Å²) < 4.78 is 0. The Labute approximate surface area is 88.0 Å². The summed E-state index contributed by atoms with van der Waals surface area (Å²) >= 11 is 0. The molecule has 0 amide bonds. The SMILES string of the molecule is CCC1CCC/C(=C2\CCCNC2)C1. The summed E-state index contributed by atoms with van der Waals surface area (Å²) in [6, 6.07) is 0. The summed E-state index contributed by atoms with van der Waals surface area (Å²) in [6.07, 6.45) is 9.83. The van der Waals surface area contributed by atoms with Crippen LogP contribution in [0.3, 0.4) is 0 Å². The molecule has 0 bridgehead atoms. The lowest BCUT2D eigenvalue weighted by Crippen LogP contribution is -2.25. The molecule has 1 aliphatic carbocycles. The third-order valence-corrected chi connectivity index (χ3v) is 3.87. The van der Waals surface area contributed by atoms with E-state index < -0.39 is 0 Å². The lowest BCUT2D eigenvalue weighted by molar-refractivity contribution is 0.400. The van der Waals surface area contributed by atoms with Gasteiger partial charge in [0, 0.05) is 6.54 Å². The molecule has 0 radical (unpaired) electrons. The quantitative estimate of drug-likeness (QED) is 0.630. The maximum absolute atomic E-state index is 3.51. The summed E-state index contributed by atoms with van der Waals surface area (Å²) in [5.74, 6) is 0.994. The van der Waals surface area contributed by atoms with Crippen molar-refractivity contribution in [2.24, 2.45) is 5.92 Å². The van der Waals surface area contributed by atoms with Gasteiger partial charge in [0.2, 0.25) is 0 Å². The summed E-state index contributed by atoms with van der Waals surface area (Å²) in [7, 11) is 0. The number of allylic oxidation sites excluding steroid dienone is 1. The zero-order valence-electron chi connectivity index (χ0n) is 9.44. The average molecular weight is 193 g/mol. The second-order valence-corrected chi connectivity index (χ2v) is 4.86. The van der Waals surface area contributed by atoms with Crippen LogP contribution in [0, 0.1) is 5.92 Å². The van der Waals surface area contributed by atoms with E-state index in [9.17, 15) is 0 Å². The van der Waals surface area contributed by atoms with Crippen molar-refractivity contribution < 1.29 is 0 Å². The first-order valence-corrected chi connectivity index (χ1v) is 6.30. The Hall–Kier alpha value is -0.300. The topological polar surface area (TPSA) is 12.0 Å². The molecule has 2 rings (SSSR count). The van der Waals surface area contributed by atoms with Crippen molar-refractivity contribution in [1.29, 1.82) is 0 Å². The van der Waals surface area contributed by atoms with Gasteiger partial charge in [-0.25, -0.2) is 0 Å². The summed E-state index contributed by atoms with van der Waals surface area (Å²) in [4.78, 5) is 0. The van der Waals surface area contributed by atoms with Crippen molar-refractivity contribution in [3.05, 3.63) is 11.1 Å². The van der Waals surface area contributed by atoms with Gasteiger partial charge in [-0.15, -0.1) is 0 Å². The van der Waals surface area contributed by atoms with E-state index in [1.54, 1.807) is 5.57 Å². The monoisotopic (exact) mass is 193 g/mol. The second kappa shape index (κ2) is 4.97. The fourth-order valence-corrected chi connectivity index (χ4v) is 2.88. The van der Waals surface area contributed by atoms with Crippen LogP contribution < -0.4 is 5.32 Å². The molecule has 2 aliphatic rings. The molecule has 80 valence electrons. The van der Waals surface area contributed by atoms with Gasteiger partial charge in [-0.2, -0.15) is 0 Å². The van der Waals surface area contributed by atoms with Gasteiger partial charge < -0.3 is 5.32 Å². The van der Waals surface area contributed by atoms with Gasteiger partial charge in [-0.3, -0.25) is 0 Å². The van der Waals surface area contributed by atoms with Gasteiger partial charge in [-0.05, 0) is 51.0 Å². The molecule has 0 aromatic rings. The van der Waals surface area contributed by atoms with Crippen LogP contribution in [-0.2, 0) is 0 Å². The summed E-state index contributed by atoms with van der Waals surface area (Å²) in [6.45, 7) is 4.76. The Balaban J connectivity index is 2.00. The van der Waals surface area contributed by atoms with E-state index in [-0.39, 0.29) is 0 Å². The third kappa shape index (κ3) is 2.38. The second-order valence-electron chi connectivity index (χ2n) is 4.86. The molecule has 0 spiro atoms. The molecular weight excluding hydrogens is 170 g/mol. The minimum absolute atomic E-state index is 0.994. The van der Waals surface area contributed by atoms with E-state index in [0.717, 1.165) is 5.92 Å². The predicted octanol–water partition coefficient (Wildman–Crippen LogP) is 3.27. The van der Waals surface area contributed by atoms with Gasteiger partial charge in [0.25, 0.3) is 0 Å². The van der Waals surface area contributed by atoms with E-state index in [0.29, 0.717) is 0 Å². The molecule has 2 fully saturated rings. The average Bonchev–Trinajstić information content (AvgIpc) is 2.30. The predicted molar refractivity (Wildman–Crippen MR) is 61.4 cm³/mol. The Morgan fingerprint density at radius 3 is 2.79 bits per heavy atom. The smallest absolute Gasteiger partial charge is 0.0167 e. The molecule has 0 aromatic carbocycles. The van der Waals surface area contributed by atoms with E-state index in [1.165, 1.54) is 58.0 Å². The van der Waals surface area contributed by atoms with E-state index >= 15 is 0 Å². The van der Waals surface area contributed by atoms with Crippen LogP contribution in [0.4, 0.5) is 0 Å². The highest BCUT2D eigenvalue weighted by molar-refractivity contribution is 5.19. The fourth-order valence-electron chi connectivity index (χ4n) is 2.88. The number of nitrogens with one attached hydrogen (secondary N) is 1. The number of hydrogen-bond acceptors (Lipinski definition) is 1. The molecule has 1 unspecified atom stereocenters. The van der Waals surface area contributed by atoms with Gasteiger partial charge in [0.05, 0.1) is 0 Å². The molecule has 1 saturated heterocycles. The van der Waals surface area contributed by atoms with E-state index in [1.807, 2.05) is 5.57 Å². The molecule has 14 heavy (non-hydrogen) atoms. The van der Waals surface area contributed by atoms with Gasteiger partial charge in [0.1, 0.15) is 0 Å². The Bertz CT molecular complexity index is 209. The largest absolute Gasteiger partial charge is 0.313 e. The molecule has 1 N–H and O–H groups in total. The summed E-state index contributed by atoms with van der Waals surface area (Å²) in [5, 5.41) is 3.51. The van der Waals surface area contributed by atoms with Crippen LogP contribution in [-0.4, -0.2) is 13.1 Å². The number of hydrogen-bond donors (Lipinski definition) is 1. The molecular formula is C13H23N. The Morgan fingerprint density at radius 1 is 1.21 bits per heavy atom. The molecule has 0 aromatic heterocycles. The molecule has 1 heterocycles. The summed E-state index contributed by atoms with van der Waals surface area (Å²) in [5.41, 5.74) is 3.57. The van der Waals surface area contributed by atoms with Gasteiger partial charge in [-0.1, -0.05) is 24.5 Å². The van der Waals surface area contributed by atoms with Crippen LogP contribution in [0.5, 0.6) is 0 Å². The van der Waals surface area contributed by atoms with Gasteiger partial charge in [0.15, 0.2) is 0 Å². The highest BCUT2D eigenvalue weighted by atomic mass is 14.9. The Kier molecular flexibility index (Phi) is 3.63. The first-order valence-electron chi connectivity index (χ1n) is 6.30. The molecule has 1 saturated carbocycles. The highest BCUT2D eigenvalue weighted by Crippen LogP contribution is 2.33. The van der Waals surface area contributed by atoms with Crippen molar-refractivity contribution in [3.63, 3.8) is 0 Å². The van der Waals surface area contributed by atoms with E-state index in [2.05, 4.69) is 12.2 Å². The fraction of sp³-hybridized carbons (Fsp3) is 0.846. The third-order valence-electron chi connectivity index (χ3n) is 3.87. The standard InChI is InChI=1S/C13H23N/c1-2-11-5-3-6-12(9-11)13-7-4-8-14-10-13/h11,14H,2-10H2,1H3/b13-12-. The number of rotatable bonds is 1. The molecule has 1 aliphatic heterocycles. The van der Waals surface area contributed by atoms with Crippen LogP contribution in [0.2, 0.25) is 0 Å². The maximum atomic E-state index is 3.51. The van der Waals surface area contributed by atoms with Crippen LogP contribution in [0.25, 0.3) is 0 Å². The van der Waals surface area contributed by atoms with Crippen molar-refractivity contribution in [3.8, 4) is 0 Å². The maximum Gasteiger partial charge on any atom is 0.0167 e. The molecule has 1 heteroatoms. The van der Waals surface area contributed by atoms with Crippen molar-refractivity contribution in [1.82, 2.24) is 5.32 Å². The first-order chi connectivity index (χ1) is 6.90. The molecule has 1 atom stereocenters.